The first-order chi connectivity index (χ1) is 11.1. The third kappa shape index (κ3) is 3.82. The number of hydrogen-bond donors (Lipinski definition) is 1. The van der Waals surface area contributed by atoms with Crippen molar-refractivity contribution in [3.63, 3.8) is 0 Å². The van der Waals surface area contributed by atoms with Crippen LogP contribution in [0.2, 0.25) is 4.34 Å². The molecule has 23 heavy (non-hydrogen) atoms. The highest BCUT2D eigenvalue weighted by Crippen LogP contribution is 2.29. The van der Waals surface area contributed by atoms with Crippen molar-refractivity contribution in [3.8, 4) is 0 Å². The molecule has 2 aromatic carbocycles. The largest absolute Gasteiger partial charge is 0.250 e. The van der Waals surface area contributed by atoms with E-state index >= 15 is 0 Å². The van der Waals surface area contributed by atoms with Gasteiger partial charge in [-0.25, -0.2) is 8.42 Å². The maximum absolute atomic E-state index is 12.6. The van der Waals surface area contributed by atoms with Crippen LogP contribution in [0.3, 0.4) is 0 Å². The molecule has 0 amide bonds. The Labute approximate surface area is 144 Å². The molecule has 0 radical (unpaired) electrons. The Morgan fingerprint density at radius 2 is 1.35 bits per heavy atom. The second kappa shape index (κ2) is 6.84. The van der Waals surface area contributed by atoms with Crippen molar-refractivity contribution < 1.29 is 8.42 Å². The summed E-state index contributed by atoms with van der Waals surface area (Å²) in [4.78, 5) is 0. The van der Waals surface area contributed by atoms with Crippen molar-refractivity contribution in [1.82, 2.24) is 4.72 Å². The predicted octanol–water partition coefficient (Wildman–Crippen LogP) is 4.47. The van der Waals surface area contributed by atoms with Gasteiger partial charge in [0.15, 0.2) is 0 Å². The first kappa shape index (κ1) is 16.2. The molecule has 0 unspecified atom stereocenters. The van der Waals surface area contributed by atoms with Crippen molar-refractivity contribution in [2.45, 2.75) is 10.3 Å². The van der Waals surface area contributed by atoms with E-state index in [9.17, 15) is 8.42 Å². The van der Waals surface area contributed by atoms with Crippen LogP contribution in [0.1, 0.15) is 17.2 Å². The summed E-state index contributed by atoms with van der Waals surface area (Å²) in [7, 11) is -3.65. The standard InChI is InChI=1S/C17H14ClNO2S2/c18-15-11-12-16(22-15)23(20,21)19-17(13-7-3-1-4-8-13)14-9-5-2-6-10-14/h1-12,17,19H. The first-order valence-corrected chi connectivity index (χ1v) is 9.61. The predicted molar refractivity (Wildman–Crippen MR) is 94.4 cm³/mol. The third-order valence-electron chi connectivity index (χ3n) is 3.35. The normalized spacial score (nSPS) is 11.7. The van der Waals surface area contributed by atoms with Crippen LogP contribution in [0.5, 0.6) is 0 Å². The lowest BCUT2D eigenvalue weighted by Crippen LogP contribution is -2.28. The summed E-state index contributed by atoms with van der Waals surface area (Å²) in [5.41, 5.74) is 1.76. The molecular weight excluding hydrogens is 350 g/mol. The average molecular weight is 364 g/mol. The monoisotopic (exact) mass is 363 g/mol. The Morgan fingerprint density at radius 1 is 0.826 bits per heavy atom. The van der Waals surface area contributed by atoms with Gasteiger partial charge in [0.25, 0.3) is 10.0 Å². The summed E-state index contributed by atoms with van der Waals surface area (Å²) in [5.74, 6) is 0. The average Bonchev–Trinajstić information content (AvgIpc) is 3.02. The maximum atomic E-state index is 12.6. The smallest absolute Gasteiger partial charge is 0.206 e. The number of hydrogen-bond acceptors (Lipinski definition) is 3. The van der Waals surface area contributed by atoms with Crippen molar-refractivity contribution >= 4 is 33.0 Å². The van der Waals surface area contributed by atoms with E-state index in [1.807, 2.05) is 60.7 Å². The van der Waals surface area contributed by atoms with Gasteiger partial charge in [0.05, 0.1) is 10.4 Å². The highest BCUT2D eigenvalue weighted by atomic mass is 35.5. The molecule has 1 heterocycles. The molecule has 1 aromatic heterocycles. The van der Waals surface area contributed by atoms with Gasteiger partial charge in [0, 0.05) is 0 Å². The fraction of sp³-hybridized carbons (Fsp3) is 0.0588. The molecule has 0 saturated heterocycles. The van der Waals surface area contributed by atoms with Gasteiger partial charge in [0.1, 0.15) is 4.21 Å². The molecule has 3 aromatic rings. The zero-order valence-electron chi connectivity index (χ0n) is 12.0. The zero-order chi connectivity index (χ0) is 16.3. The number of sulfonamides is 1. The summed E-state index contributed by atoms with van der Waals surface area (Å²) >= 11 is 6.91. The minimum atomic E-state index is -3.65. The molecule has 3 rings (SSSR count). The van der Waals surface area contributed by atoms with Gasteiger partial charge in [-0.1, -0.05) is 72.3 Å². The molecule has 0 fully saturated rings. The van der Waals surface area contributed by atoms with Gasteiger partial charge in [-0.3, -0.25) is 0 Å². The van der Waals surface area contributed by atoms with Gasteiger partial charge >= 0.3 is 0 Å². The van der Waals surface area contributed by atoms with Gasteiger partial charge in [0.2, 0.25) is 0 Å². The summed E-state index contributed by atoms with van der Waals surface area (Å²) in [5, 5.41) is 0. The Kier molecular flexibility index (Phi) is 4.82. The summed E-state index contributed by atoms with van der Waals surface area (Å²) in [6.45, 7) is 0. The minimum absolute atomic E-state index is 0.208. The first-order valence-electron chi connectivity index (χ1n) is 6.94. The molecule has 0 aliphatic heterocycles. The summed E-state index contributed by atoms with van der Waals surface area (Å²) in [6, 6.07) is 21.6. The van der Waals surface area contributed by atoms with E-state index in [4.69, 9.17) is 11.6 Å². The Hall–Kier alpha value is -1.66. The van der Waals surface area contributed by atoms with Crippen molar-refractivity contribution in [1.29, 1.82) is 0 Å². The summed E-state index contributed by atoms with van der Waals surface area (Å²) in [6.07, 6.45) is 0. The van der Waals surface area contributed by atoms with E-state index in [1.165, 1.54) is 6.07 Å². The number of halogens is 1. The van der Waals surface area contributed by atoms with E-state index in [-0.39, 0.29) is 4.21 Å². The Balaban J connectivity index is 2.00. The molecule has 0 aliphatic rings. The second-order valence-electron chi connectivity index (χ2n) is 4.93. The van der Waals surface area contributed by atoms with E-state index < -0.39 is 16.1 Å². The van der Waals surface area contributed by atoms with E-state index in [0.717, 1.165) is 22.5 Å². The second-order valence-corrected chi connectivity index (χ2v) is 8.59. The van der Waals surface area contributed by atoms with Gasteiger partial charge < -0.3 is 0 Å². The molecular formula is C17H14ClNO2S2. The molecule has 1 N–H and O–H groups in total. The molecule has 118 valence electrons. The lowest BCUT2D eigenvalue weighted by atomic mass is 10.00. The third-order valence-corrected chi connectivity index (χ3v) is 6.50. The number of nitrogens with one attached hydrogen (secondary N) is 1. The van der Waals surface area contributed by atoms with Crippen LogP contribution in [0.15, 0.2) is 77.0 Å². The number of rotatable bonds is 5. The van der Waals surface area contributed by atoms with Crippen LogP contribution in [-0.2, 0) is 10.0 Å². The SMILES string of the molecule is O=S(=O)(NC(c1ccccc1)c1ccccc1)c1ccc(Cl)s1. The van der Waals surface area contributed by atoms with Crippen LogP contribution >= 0.6 is 22.9 Å². The maximum Gasteiger partial charge on any atom is 0.250 e. The van der Waals surface area contributed by atoms with Crippen LogP contribution < -0.4 is 4.72 Å². The quantitative estimate of drug-likeness (QED) is 0.727. The minimum Gasteiger partial charge on any atom is -0.206 e. The fourth-order valence-electron chi connectivity index (χ4n) is 2.27. The molecule has 0 spiro atoms. The Morgan fingerprint density at radius 3 is 1.78 bits per heavy atom. The molecule has 3 nitrogen and oxygen atoms in total. The van der Waals surface area contributed by atoms with E-state index in [0.29, 0.717) is 4.34 Å². The Bertz CT molecular complexity index is 838. The molecule has 0 atom stereocenters. The van der Waals surface area contributed by atoms with Crippen molar-refractivity contribution in [3.05, 3.63) is 88.3 Å². The van der Waals surface area contributed by atoms with Crippen molar-refractivity contribution in [2.75, 3.05) is 0 Å². The van der Waals surface area contributed by atoms with E-state index in [1.54, 1.807) is 6.07 Å². The fourth-order valence-corrected chi connectivity index (χ4v) is 4.99. The number of thiophene rings is 1. The van der Waals surface area contributed by atoms with Gasteiger partial charge in [-0.15, -0.1) is 11.3 Å². The topological polar surface area (TPSA) is 46.2 Å². The lowest BCUT2D eigenvalue weighted by molar-refractivity contribution is 0.574. The van der Waals surface area contributed by atoms with Crippen LogP contribution in [-0.4, -0.2) is 8.42 Å². The molecule has 0 aliphatic carbocycles. The molecule has 0 bridgehead atoms. The summed E-state index contributed by atoms with van der Waals surface area (Å²) < 4.78 is 28.7. The van der Waals surface area contributed by atoms with Crippen LogP contribution in [0.4, 0.5) is 0 Å². The molecule has 0 saturated carbocycles. The van der Waals surface area contributed by atoms with Crippen molar-refractivity contribution in [2.24, 2.45) is 0 Å². The van der Waals surface area contributed by atoms with Crippen LogP contribution in [0.25, 0.3) is 0 Å². The van der Waals surface area contributed by atoms with Crippen LogP contribution in [0, 0.1) is 0 Å². The zero-order valence-corrected chi connectivity index (χ0v) is 14.4. The van der Waals surface area contributed by atoms with Gasteiger partial charge in [-0.05, 0) is 23.3 Å². The van der Waals surface area contributed by atoms with E-state index in [2.05, 4.69) is 4.72 Å². The van der Waals surface area contributed by atoms with Gasteiger partial charge in [-0.2, -0.15) is 4.72 Å². The number of benzene rings is 2. The lowest BCUT2D eigenvalue weighted by Gasteiger charge is -2.19. The molecule has 6 heteroatoms. The highest BCUT2D eigenvalue weighted by Gasteiger charge is 2.24. The highest BCUT2D eigenvalue weighted by molar-refractivity contribution is 7.91.